The highest BCUT2D eigenvalue weighted by molar-refractivity contribution is 5.96. The number of benzene rings is 1. The van der Waals surface area contributed by atoms with Gasteiger partial charge in [-0.15, -0.1) is 0 Å². The van der Waals surface area contributed by atoms with Gasteiger partial charge in [0.05, 0.1) is 11.3 Å². The van der Waals surface area contributed by atoms with Crippen LogP contribution in [0.3, 0.4) is 0 Å². The molecule has 1 fully saturated rings. The van der Waals surface area contributed by atoms with Crippen LogP contribution in [0.4, 0.5) is 4.39 Å². The van der Waals surface area contributed by atoms with Gasteiger partial charge in [0.15, 0.2) is 0 Å². The summed E-state index contributed by atoms with van der Waals surface area (Å²) >= 11 is 0. The van der Waals surface area contributed by atoms with Crippen LogP contribution in [0.5, 0.6) is 0 Å². The van der Waals surface area contributed by atoms with Crippen molar-refractivity contribution in [3.05, 3.63) is 53.0 Å². The van der Waals surface area contributed by atoms with E-state index >= 15 is 0 Å². The quantitative estimate of drug-likeness (QED) is 0.892. The first-order chi connectivity index (χ1) is 13.0. The zero-order valence-corrected chi connectivity index (χ0v) is 15.7. The van der Waals surface area contributed by atoms with E-state index in [2.05, 4.69) is 10.3 Å². The molecule has 0 radical (unpaired) electrons. The van der Waals surface area contributed by atoms with E-state index in [9.17, 15) is 14.0 Å². The molecule has 5 nitrogen and oxygen atoms in total. The lowest BCUT2D eigenvalue weighted by Crippen LogP contribution is -2.31. The van der Waals surface area contributed by atoms with Gasteiger partial charge in [-0.1, -0.05) is 12.8 Å². The second kappa shape index (κ2) is 8.29. The summed E-state index contributed by atoms with van der Waals surface area (Å²) in [6, 6.07) is 6.27. The minimum absolute atomic E-state index is 0. The van der Waals surface area contributed by atoms with E-state index < -0.39 is 5.82 Å². The Morgan fingerprint density at radius 3 is 2.41 bits per heavy atom. The summed E-state index contributed by atoms with van der Waals surface area (Å²) in [6.45, 7) is 3.20. The van der Waals surface area contributed by atoms with Crippen molar-refractivity contribution >= 4 is 11.8 Å². The van der Waals surface area contributed by atoms with Crippen molar-refractivity contribution in [2.75, 3.05) is 20.1 Å². The third kappa shape index (κ3) is 4.15. The van der Waals surface area contributed by atoms with Crippen molar-refractivity contribution in [2.24, 2.45) is 0 Å². The molecule has 1 aliphatic heterocycles. The number of carbonyl (C=O) groups excluding carboxylic acids is 2. The third-order valence-electron chi connectivity index (χ3n) is 5.01. The van der Waals surface area contributed by atoms with E-state index in [1.807, 2.05) is 4.90 Å². The molecular weight excluding hydrogens is 345 g/mol. The number of pyridine rings is 1. The molecule has 2 aromatic rings. The lowest BCUT2D eigenvalue weighted by molar-refractivity contribution is 0.0761. The van der Waals surface area contributed by atoms with Gasteiger partial charge in [0.1, 0.15) is 5.82 Å². The molecular formula is C21H26FN3O2. The predicted molar refractivity (Wildman–Crippen MR) is 104 cm³/mol. The minimum atomic E-state index is -0.461. The zero-order chi connectivity index (χ0) is 19.4. The number of hydrogen-bond donors (Lipinski definition) is 1. The molecule has 0 unspecified atom stereocenters. The van der Waals surface area contributed by atoms with Crippen molar-refractivity contribution in [3.63, 3.8) is 0 Å². The maximum Gasteiger partial charge on any atom is 0.255 e. The van der Waals surface area contributed by atoms with Crippen LogP contribution >= 0.6 is 0 Å². The molecule has 1 saturated heterocycles. The largest absolute Gasteiger partial charge is 0.355 e. The molecule has 0 aliphatic carbocycles. The van der Waals surface area contributed by atoms with Crippen LogP contribution in [0.25, 0.3) is 11.3 Å². The number of aromatic nitrogens is 1. The number of hydrogen-bond acceptors (Lipinski definition) is 3. The summed E-state index contributed by atoms with van der Waals surface area (Å²) in [7, 11) is 1.50. The van der Waals surface area contributed by atoms with E-state index in [4.69, 9.17) is 0 Å². The molecule has 2 heterocycles. The summed E-state index contributed by atoms with van der Waals surface area (Å²) in [5.74, 6) is -0.835. The summed E-state index contributed by atoms with van der Waals surface area (Å²) in [4.78, 5) is 30.8. The van der Waals surface area contributed by atoms with E-state index in [1.165, 1.54) is 19.3 Å². The fraction of sp³-hybridized carbons (Fsp3) is 0.381. The Bertz CT molecular complexity index is 847. The van der Waals surface area contributed by atoms with Crippen LogP contribution < -0.4 is 5.32 Å². The lowest BCUT2D eigenvalue weighted by atomic mass is 10.00. The summed E-state index contributed by atoms with van der Waals surface area (Å²) < 4.78 is 14.2. The number of likely N-dealkylation sites (tertiary alicyclic amines) is 1. The first kappa shape index (κ1) is 19.0. The highest BCUT2D eigenvalue weighted by Gasteiger charge is 2.18. The van der Waals surface area contributed by atoms with Crippen LogP contribution in [-0.4, -0.2) is 41.8 Å². The van der Waals surface area contributed by atoms with Gasteiger partial charge in [-0.3, -0.25) is 14.6 Å². The monoisotopic (exact) mass is 371 g/mol. The van der Waals surface area contributed by atoms with Crippen LogP contribution in [0.1, 0.15) is 53.4 Å². The average Bonchev–Trinajstić information content (AvgIpc) is 2.98. The Labute approximate surface area is 160 Å². The molecule has 0 bridgehead atoms. The number of rotatable bonds is 3. The first-order valence-electron chi connectivity index (χ1n) is 9.29. The minimum Gasteiger partial charge on any atom is -0.355 e. The smallest absolute Gasteiger partial charge is 0.255 e. The normalized spacial score (nSPS) is 14.6. The van der Waals surface area contributed by atoms with Gasteiger partial charge in [0, 0.05) is 38.9 Å². The number of halogens is 1. The third-order valence-corrected chi connectivity index (χ3v) is 5.01. The molecule has 144 valence electrons. The van der Waals surface area contributed by atoms with Gasteiger partial charge >= 0.3 is 0 Å². The van der Waals surface area contributed by atoms with Crippen molar-refractivity contribution in [1.82, 2.24) is 15.2 Å². The van der Waals surface area contributed by atoms with Gasteiger partial charge in [-0.05, 0) is 49.6 Å². The summed E-state index contributed by atoms with van der Waals surface area (Å²) in [5.41, 5.74) is 2.26. The molecule has 1 aromatic heterocycles. The molecule has 0 saturated carbocycles. The fourth-order valence-corrected chi connectivity index (χ4v) is 3.36. The predicted octanol–water partition coefficient (Wildman–Crippen LogP) is 3.82. The molecule has 27 heavy (non-hydrogen) atoms. The van der Waals surface area contributed by atoms with E-state index in [1.54, 1.807) is 25.1 Å². The topological polar surface area (TPSA) is 62.3 Å². The van der Waals surface area contributed by atoms with Crippen molar-refractivity contribution < 1.29 is 15.4 Å². The molecule has 2 amide bonds. The van der Waals surface area contributed by atoms with Crippen LogP contribution in [0, 0.1) is 12.7 Å². The Morgan fingerprint density at radius 1 is 1.11 bits per heavy atom. The Morgan fingerprint density at radius 2 is 1.81 bits per heavy atom. The number of amides is 2. The Hall–Kier alpha value is -2.76. The van der Waals surface area contributed by atoms with Crippen molar-refractivity contribution in [3.8, 4) is 11.3 Å². The molecule has 1 N–H and O–H groups in total. The number of nitrogens with one attached hydrogen (secondary N) is 1. The maximum atomic E-state index is 14.2. The van der Waals surface area contributed by atoms with Gasteiger partial charge in [-0.2, -0.15) is 0 Å². The van der Waals surface area contributed by atoms with E-state index in [-0.39, 0.29) is 18.8 Å². The number of carbonyl (C=O) groups is 2. The average molecular weight is 371 g/mol. The molecule has 3 rings (SSSR count). The highest BCUT2D eigenvalue weighted by atomic mass is 19.1. The van der Waals surface area contributed by atoms with Gasteiger partial charge in [0.2, 0.25) is 0 Å². The SMILES string of the molecule is CNC(=O)c1cc(F)c(C)c(-c2ccc(C(=O)N3CCCCCC3)cn2)c1.[HH]. The Balaban J connectivity index is 0.00000280. The Kier molecular flexibility index (Phi) is 5.84. The maximum absolute atomic E-state index is 14.2. The van der Waals surface area contributed by atoms with Crippen LogP contribution in [0.15, 0.2) is 30.5 Å². The van der Waals surface area contributed by atoms with Crippen molar-refractivity contribution in [2.45, 2.75) is 32.6 Å². The summed E-state index contributed by atoms with van der Waals surface area (Å²) in [6.07, 6.45) is 5.91. The van der Waals surface area contributed by atoms with Gasteiger partial charge in [-0.25, -0.2) is 4.39 Å². The second-order valence-corrected chi connectivity index (χ2v) is 6.85. The highest BCUT2D eigenvalue weighted by Crippen LogP contribution is 2.26. The van der Waals surface area contributed by atoms with E-state index in [0.29, 0.717) is 22.4 Å². The number of nitrogens with zero attached hydrogens (tertiary/aromatic N) is 2. The standard InChI is InChI=1S/C21H24FN3O2.H2/c1-14-17(11-16(12-18(14)22)20(26)23-2)19-8-7-15(13-24-19)21(27)25-9-5-3-4-6-10-25;/h7-8,11-13H,3-6,9-10H2,1-2H3,(H,23,26);1H. The van der Waals surface area contributed by atoms with Crippen molar-refractivity contribution in [1.29, 1.82) is 0 Å². The lowest BCUT2D eigenvalue weighted by Gasteiger charge is -2.20. The first-order valence-corrected chi connectivity index (χ1v) is 9.29. The molecule has 1 aromatic carbocycles. The second-order valence-electron chi connectivity index (χ2n) is 6.85. The molecule has 6 heteroatoms. The fourth-order valence-electron chi connectivity index (χ4n) is 3.36. The molecule has 1 aliphatic rings. The van der Waals surface area contributed by atoms with Crippen LogP contribution in [0.2, 0.25) is 0 Å². The van der Waals surface area contributed by atoms with Crippen LogP contribution in [-0.2, 0) is 0 Å². The van der Waals surface area contributed by atoms with E-state index in [0.717, 1.165) is 38.8 Å². The zero-order valence-electron chi connectivity index (χ0n) is 15.7. The molecule has 0 atom stereocenters. The van der Waals surface area contributed by atoms with Gasteiger partial charge in [0.25, 0.3) is 11.8 Å². The summed E-state index contributed by atoms with van der Waals surface area (Å²) in [5, 5.41) is 2.50. The molecule has 0 spiro atoms. The van der Waals surface area contributed by atoms with Gasteiger partial charge < -0.3 is 10.2 Å².